The van der Waals surface area contributed by atoms with Crippen LogP contribution in [-0.4, -0.2) is 54.8 Å². The van der Waals surface area contributed by atoms with Crippen molar-refractivity contribution < 1.29 is 4.74 Å². The first-order valence-electron chi connectivity index (χ1n) is 9.11. The molecule has 1 aromatic carbocycles. The van der Waals surface area contributed by atoms with Gasteiger partial charge >= 0.3 is 0 Å². The van der Waals surface area contributed by atoms with E-state index in [2.05, 4.69) is 36.6 Å². The van der Waals surface area contributed by atoms with Gasteiger partial charge in [0.25, 0.3) is 0 Å². The number of hydrogen-bond donors (Lipinski definition) is 3. The minimum atomic E-state index is 0.456. The molecule has 0 radical (unpaired) electrons. The number of piperazine rings is 1. The van der Waals surface area contributed by atoms with Gasteiger partial charge < -0.3 is 25.3 Å². The average Bonchev–Trinajstić information content (AvgIpc) is 3.10. The fraction of sp³-hybridized carbons (Fsp3) is 0.368. The summed E-state index contributed by atoms with van der Waals surface area (Å²) in [6.45, 7) is 4.46. The number of nitrogens with one attached hydrogen (secondary N) is 3. The van der Waals surface area contributed by atoms with Crippen molar-refractivity contribution in [1.82, 2.24) is 20.3 Å². The Morgan fingerprint density at radius 2 is 2.07 bits per heavy atom. The number of H-pyrrole nitrogens is 1. The van der Waals surface area contributed by atoms with Crippen molar-refractivity contribution in [3.63, 3.8) is 0 Å². The van der Waals surface area contributed by atoms with Crippen LogP contribution in [0.3, 0.4) is 0 Å². The second-order valence-corrected chi connectivity index (χ2v) is 6.90. The van der Waals surface area contributed by atoms with Crippen LogP contribution in [0.15, 0.2) is 30.5 Å². The molecule has 3 heterocycles. The molecule has 7 nitrogen and oxygen atoms in total. The summed E-state index contributed by atoms with van der Waals surface area (Å²) in [7, 11) is 1.68. The Balaban J connectivity index is 1.44. The molecule has 0 bridgehead atoms. The quantitative estimate of drug-likeness (QED) is 0.565. The van der Waals surface area contributed by atoms with E-state index in [0.29, 0.717) is 17.6 Å². The lowest BCUT2D eigenvalue weighted by atomic mass is 10.1. The SMILES string of the molecule is COc1ccc2[nH]cc(CCNc3nc(Cl)cc(N4CCNCC4)n3)c2c1. The van der Waals surface area contributed by atoms with Crippen LogP contribution in [0.2, 0.25) is 5.15 Å². The third kappa shape index (κ3) is 4.09. The molecule has 1 aliphatic rings. The molecule has 142 valence electrons. The van der Waals surface area contributed by atoms with Crippen LogP contribution >= 0.6 is 11.6 Å². The second kappa shape index (κ2) is 8.02. The molecule has 2 aromatic heterocycles. The van der Waals surface area contributed by atoms with Crippen molar-refractivity contribution in [2.45, 2.75) is 6.42 Å². The minimum absolute atomic E-state index is 0.456. The number of methoxy groups -OCH3 is 1. The van der Waals surface area contributed by atoms with Crippen LogP contribution in [0.25, 0.3) is 10.9 Å². The van der Waals surface area contributed by atoms with Crippen molar-refractivity contribution in [3.8, 4) is 5.75 Å². The van der Waals surface area contributed by atoms with Crippen LogP contribution in [0.5, 0.6) is 5.75 Å². The van der Waals surface area contributed by atoms with Crippen LogP contribution in [0.1, 0.15) is 5.56 Å². The van der Waals surface area contributed by atoms with E-state index in [1.54, 1.807) is 7.11 Å². The standard InChI is InChI=1S/C19H23ClN6O/c1-27-14-2-3-16-15(10-14)13(12-23-16)4-5-22-19-24-17(20)11-18(25-19)26-8-6-21-7-9-26/h2-3,10-12,21,23H,4-9H2,1H3,(H,22,24,25). The van der Waals surface area contributed by atoms with Gasteiger partial charge in [-0.15, -0.1) is 0 Å². The molecular formula is C19H23ClN6O. The van der Waals surface area contributed by atoms with Crippen molar-refractivity contribution in [3.05, 3.63) is 41.2 Å². The van der Waals surface area contributed by atoms with Gasteiger partial charge in [0.2, 0.25) is 5.95 Å². The normalized spacial score (nSPS) is 14.5. The number of anilines is 2. The lowest BCUT2D eigenvalue weighted by Crippen LogP contribution is -2.44. The van der Waals surface area contributed by atoms with E-state index >= 15 is 0 Å². The fourth-order valence-electron chi connectivity index (χ4n) is 3.34. The second-order valence-electron chi connectivity index (χ2n) is 6.51. The zero-order valence-corrected chi connectivity index (χ0v) is 16.0. The maximum atomic E-state index is 6.21. The topological polar surface area (TPSA) is 78.1 Å². The van der Waals surface area contributed by atoms with Crippen molar-refractivity contribution in [2.24, 2.45) is 0 Å². The molecule has 0 unspecified atom stereocenters. The highest BCUT2D eigenvalue weighted by Gasteiger charge is 2.14. The molecule has 1 saturated heterocycles. The molecule has 3 aromatic rings. The smallest absolute Gasteiger partial charge is 0.226 e. The van der Waals surface area contributed by atoms with E-state index < -0.39 is 0 Å². The predicted octanol–water partition coefficient (Wildman–Crippen LogP) is 2.68. The molecule has 1 fully saturated rings. The highest BCUT2D eigenvalue weighted by Crippen LogP contribution is 2.24. The van der Waals surface area contributed by atoms with Gasteiger partial charge in [0.1, 0.15) is 16.7 Å². The summed E-state index contributed by atoms with van der Waals surface area (Å²) in [6, 6.07) is 7.87. The number of fused-ring (bicyclic) bond motifs is 1. The third-order valence-electron chi connectivity index (χ3n) is 4.77. The summed E-state index contributed by atoms with van der Waals surface area (Å²) in [6.07, 6.45) is 2.88. The molecule has 0 atom stereocenters. The summed E-state index contributed by atoms with van der Waals surface area (Å²) in [4.78, 5) is 14.5. The van der Waals surface area contributed by atoms with E-state index in [-0.39, 0.29) is 0 Å². The lowest BCUT2D eigenvalue weighted by Gasteiger charge is -2.28. The van der Waals surface area contributed by atoms with Crippen LogP contribution in [-0.2, 0) is 6.42 Å². The zero-order chi connectivity index (χ0) is 18.6. The minimum Gasteiger partial charge on any atom is -0.497 e. The van der Waals surface area contributed by atoms with Crippen molar-refractivity contribution in [1.29, 1.82) is 0 Å². The van der Waals surface area contributed by atoms with Gasteiger partial charge in [0, 0.05) is 55.9 Å². The van der Waals surface area contributed by atoms with E-state index in [9.17, 15) is 0 Å². The monoisotopic (exact) mass is 386 g/mol. The Hall–Kier alpha value is -2.51. The predicted molar refractivity (Wildman–Crippen MR) is 109 cm³/mol. The van der Waals surface area contributed by atoms with Gasteiger partial charge in [-0.1, -0.05) is 11.6 Å². The number of halogens is 1. The largest absolute Gasteiger partial charge is 0.497 e. The van der Waals surface area contributed by atoms with Crippen molar-refractivity contribution >= 4 is 34.3 Å². The summed E-state index contributed by atoms with van der Waals surface area (Å²) < 4.78 is 5.33. The number of ether oxygens (including phenoxy) is 1. The average molecular weight is 387 g/mol. The van der Waals surface area contributed by atoms with E-state index in [1.807, 2.05) is 24.4 Å². The first-order chi connectivity index (χ1) is 13.2. The molecular weight excluding hydrogens is 364 g/mol. The fourth-order valence-corrected chi connectivity index (χ4v) is 3.52. The maximum Gasteiger partial charge on any atom is 0.226 e. The third-order valence-corrected chi connectivity index (χ3v) is 4.97. The van der Waals surface area contributed by atoms with Gasteiger partial charge in [-0.2, -0.15) is 4.98 Å². The van der Waals surface area contributed by atoms with Crippen LogP contribution < -0.4 is 20.3 Å². The lowest BCUT2D eigenvalue weighted by molar-refractivity contribution is 0.415. The molecule has 0 aliphatic carbocycles. The maximum absolute atomic E-state index is 6.21. The Labute approximate surface area is 163 Å². The molecule has 0 amide bonds. The van der Waals surface area contributed by atoms with Crippen molar-refractivity contribution in [2.75, 3.05) is 50.1 Å². The molecule has 27 heavy (non-hydrogen) atoms. The van der Waals surface area contributed by atoms with Gasteiger partial charge in [-0.25, -0.2) is 4.98 Å². The Kier molecular flexibility index (Phi) is 5.31. The Bertz CT molecular complexity index is 922. The highest BCUT2D eigenvalue weighted by atomic mass is 35.5. The molecule has 0 saturated carbocycles. The molecule has 8 heteroatoms. The van der Waals surface area contributed by atoms with Gasteiger partial charge in [0.05, 0.1) is 7.11 Å². The Morgan fingerprint density at radius 1 is 1.22 bits per heavy atom. The van der Waals surface area contributed by atoms with Gasteiger partial charge in [-0.05, 0) is 30.2 Å². The first-order valence-corrected chi connectivity index (χ1v) is 9.49. The van der Waals surface area contributed by atoms with E-state index in [1.165, 1.54) is 10.9 Å². The summed E-state index contributed by atoms with van der Waals surface area (Å²) in [5.74, 6) is 2.29. The van der Waals surface area contributed by atoms with E-state index in [0.717, 1.165) is 49.7 Å². The number of rotatable bonds is 6. The molecule has 3 N–H and O–H groups in total. The number of aromatic nitrogens is 3. The van der Waals surface area contributed by atoms with Gasteiger partial charge in [-0.3, -0.25) is 0 Å². The summed E-state index contributed by atoms with van der Waals surface area (Å²) in [5.41, 5.74) is 2.33. The van der Waals surface area contributed by atoms with Crippen LogP contribution in [0, 0.1) is 0 Å². The first kappa shape index (κ1) is 17.9. The Morgan fingerprint density at radius 3 is 2.89 bits per heavy atom. The summed E-state index contributed by atoms with van der Waals surface area (Å²) >= 11 is 6.21. The highest BCUT2D eigenvalue weighted by molar-refractivity contribution is 6.29. The zero-order valence-electron chi connectivity index (χ0n) is 15.3. The van der Waals surface area contributed by atoms with E-state index in [4.69, 9.17) is 16.3 Å². The number of benzene rings is 1. The van der Waals surface area contributed by atoms with Crippen LogP contribution in [0.4, 0.5) is 11.8 Å². The summed E-state index contributed by atoms with van der Waals surface area (Å²) in [5, 5.41) is 8.27. The molecule has 0 spiro atoms. The number of nitrogens with zero attached hydrogens (tertiary/aromatic N) is 3. The molecule has 1 aliphatic heterocycles. The van der Waals surface area contributed by atoms with Gasteiger partial charge in [0.15, 0.2) is 0 Å². The number of hydrogen-bond acceptors (Lipinski definition) is 6. The number of aromatic amines is 1. The molecule has 4 rings (SSSR count).